The molecule has 0 aliphatic carbocycles. The lowest BCUT2D eigenvalue weighted by molar-refractivity contribution is 0.823. The second-order valence-corrected chi connectivity index (χ2v) is 3.61. The van der Waals surface area contributed by atoms with E-state index in [0.29, 0.717) is 5.92 Å². The van der Waals surface area contributed by atoms with Crippen molar-refractivity contribution in [3.8, 4) is 0 Å². The molecule has 1 heterocycles. The highest BCUT2D eigenvalue weighted by molar-refractivity contribution is 7.09. The molecule has 0 fully saturated rings. The summed E-state index contributed by atoms with van der Waals surface area (Å²) in [6.07, 6.45) is 1.12. The van der Waals surface area contributed by atoms with E-state index < -0.39 is 0 Å². The van der Waals surface area contributed by atoms with Crippen LogP contribution in [0.1, 0.15) is 30.3 Å². The molecule has 1 aromatic rings. The molecule has 0 aliphatic heterocycles. The van der Waals surface area contributed by atoms with Crippen LogP contribution in [-0.2, 0) is 6.32 Å². The van der Waals surface area contributed by atoms with E-state index in [1.54, 1.807) is 11.3 Å². The largest absolute Gasteiger partial charge is 0.249 e. The van der Waals surface area contributed by atoms with E-state index in [1.165, 1.54) is 10.6 Å². The SMILES string of the molecule is BCc1scnc1C(C)C. The van der Waals surface area contributed by atoms with E-state index in [1.807, 2.05) is 5.51 Å². The number of rotatable bonds is 2. The maximum absolute atomic E-state index is 4.31. The highest BCUT2D eigenvalue weighted by Gasteiger charge is 2.06. The van der Waals surface area contributed by atoms with Gasteiger partial charge in [0.1, 0.15) is 7.85 Å². The van der Waals surface area contributed by atoms with Gasteiger partial charge < -0.3 is 0 Å². The smallest absolute Gasteiger partial charge is 0.108 e. The minimum atomic E-state index is 0.584. The van der Waals surface area contributed by atoms with Crippen molar-refractivity contribution in [2.45, 2.75) is 26.1 Å². The second-order valence-electron chi connectivity index (χ2n) is 2.67. The Labute approximate surface area is 66.9 Å². The fraction of sp³-hybridized carbons (Fsp3) is 0.571. The van der Waals surface area contributed by atoms with Gasteiger partial charge in [-0.15, -0.1) is 11.3 Å². The van der Waals surface area contributed by atoms with Gasteiger partial charge in [0.15, 0.2) is 0 Å². The van der Waals surface area contributed by atoms with Crippen LogP contribution in [0.3, 0.4) is 0 Å². The number of aromatic nitrogens is 1. The minimum Gasteiger partial charge on any atom is -0.249 e. The zero-order valence-electron chi connectivity index (χ0n) is 6.72. The Morgan fingerprint density at radius 1 is 1.70 bits per heavy atom. The highest BCUT2D eigenvalue weighted by atomic mass is 32.1. The first-order valence-corrected chi connectivity index (χ1v) is 4.56. The second kappa shape index (κ2) is 3.19. The van der Waals surface area contributed by atoms with E-state index in [9.17, 15) is 0 Å². The highest BCUT2D eigenvalue weighted by Crippen LogP contribution is 2.20. The van der Waals surface area contributed by atoms with E-state index in [2.05, 4.69) is 26.7 Å². The molecule has 1 rings (SSSR count). The fourth-order valence-electron chi connectivity index (χ4n) is 1.01. The van der Waals surface area contributed by atoms with Gasteiger partial charge in [0.2, 0.25) is 0 Å². The van der Waals surface area contributed by atoms with Gasteiger partial charge in [-0.1, -0.05) is 13.8 Å². The Morgan fingerprint density at radius 2 is 2.40 bits per heavy atom. The summed E-state index contributed by atoms with van der Waals surface area (Å²) in [6.45, 7) is 4.38. The summed E-state index contributed by atoms with van der Waals surface area (Å²) in [5.41, 5.74) is 3.22. The average Bonchev–Trinajstić information content (AvgIpc) is 2.33. The lowest BCUT2D eigenvalue weighted by Crippen LogP contribution is -1.92. The first-order chi connectivity index (χ1) is 4.75. The van der Waals surface area contributed by atoms with E-state index >= 15 is 0 Å². The molecule has 0 spiro atoms. The third-order valence-electron chi connectivity index (χ3n) is 1.54. The van der Waals surface area contributed by atoms with Crippen LogP contribution in [-0.4, -0.2) is 12.8 Å². The van der Waals surface area contributed by atoms with Gasteiger partial charge >= 0.3 is 0 Å². The van der Waals surface area contributed by atoms with Gasteiger partial charge in [0.25, 0.3) is 0 Å². The van der Waals surface area contributed by atoms with E-state index in [4.69, 9.17) is 0 Å². The van der Waals surface area contributed by atoms with Gasteiger partial charge in [-0.05, 0) is 12.2 Å². The van der Waals surface area contributed by atoms with Crippen LogP contribution < -0.4 is 0 Å². The summed E-state index contributed by atoms with van der Waals surface area (Å²) in [6, 6.07) is 0. The van der Waals surface area contributed by atoms with Crippen molar-refractivity contribution in [2.75, 3.05) is 0 Å². The van der Waals surface area contributed by atoms with E-state index in [0.717, 1.165) is 6.32 Å². The monoisotopic (exact) mass is 153 g/mol. The van der Waals surface area contributed by atoms with Gasteiger partial charge in [-0.3, -0.25) is 0 Å². The van der Waals surface area contributed by atoms with Crippen molar-refractivity contribution < 1.29 is 0 Å². The summed E-state index contributed by atoms with van der Waals surface area (Å²) in [7, 11) is 2.18. The van der Waals surface area contributed by atoms with Crippen LogP contribution in [0.15, 0.2) is 5.51 Å². The molecule has 0 aliphatic rings. The Balaban J connectivity index is 2.90. The molecular weight excluding hydrogens is 141 g/mol. The maximum atomic E-state index is 4.31. The maximum Gasteiger partial charge on any atom is 0.108 e. The van der Waals surface area contributed by atoms with Crippen molar-refractivity contribution in [3.05, 3.63) is 16.1 Å². The minimum absolute atomic E-state index is 0.584. The fourth-order valence-corrected chi connectivity index (χ4v) is 1.88. The Kier molecular flexibility index (Phi) is 2.49. The molecule has 0 saturated heterocycles. The molecule has 0 amide bonds. The molecule has 1 nitrogen and oxygen atoms in total. The molecule has 0 N–H and O–H groups in total. The summed E-state index contributed by atoms with van der Waals surface area (Å²) in [5, 5.41) is 0. The molecule has 0 atom stereocenters. The number of thiazole rings is 1. The number of hydrogen-bond acceptors (Lipinski definition) is 2. The molecule has 0 radical (unpaired) electrons. The average molecular weight is 153 g/mol. The predicted octanol–water partition coefficient (Wildman–Crippen LogP) is 1.40. The van der Waals surface area contributed by atoms with Gasteiger partial charge in [0, 0.05) is 4.88 Å². The van der Waals surface area contributed by atoms with Crippen LogP contribution >= 0.6 is 11.3 Å². The predicted molar refractivity (Wildman–Crippen MR) is 48.5 cm³/mol. The first kappa shape index (κ1) is 7.80. The summed E-state index contributed by atoms with van der Waals surface area (Å²) < 4.78 is 0. The van der Waals surface area contributed by atoms with Gasteiger partial charge in [-0.2, -0.15) is 0 Å². The summed E-state index contributed by atoms with van der Waals surface area (Å²) >= 11 is 1.77. The third-order valence-corrected chi connectivity index (χ3v) is 2.53. The molecule has 0 bridgehead atoms. The summed E-state index contributed by atoms with van der Waals surface area (Å²) in [5.74, 6) is 0.584. The molecule has 0 saturated carbocycles. The van der Waals surface area contributed by atoms with Gasteiger partial charge in [0.05, 0.1) is 11.2 Å². The van der Waals surface area contributed by atoms with Crippen LogP contribution in [0.4, 0.5) is 0 Å². The quantitative estimate of drug-likeness (QED) is 0.585. The standard InChI is InChI=1S/C7H12BNS/c1-5(2)7-6(3-8)10-4-9-7/h4-5H,3,8H2,1-2H3. The van der Waals surface area contributed by atoms with Gasteiger partial charge in [-0.25, -0.2) is 4.98 Å². The normalized spacial score (nSPS) is 10.7. The Bertz CT molecular complexity index is 207. The molecule has 0 aromatic carbocycles. The topological polar surface area (TPSA) is 12.9 Å². The van der Waals surface area contributed by atoms with Crippen LogP contribution in [0.5, 0.6) is 0 Å². The lowest BCUT2D eigenvalue weighted by Gasteiger charge is -2.01. The van der Waals surface area contributed by atoms with Crippen LogP contribution in [0.2, 0.25) is 0 Å². The first-order valence-electron chi connectivity index (χ1n) is 3.68. The van der Waals surface area contributed by atoms with Crippen LogP contribution in [0, 0.1) is 0 Å². The zero-order valence-corrected chi connectivity index (χ0v) is 7.53. The molecule has 1 aromatic heterocycles. The third kappa shape index (κ3) is 1.40. The van der Waals surface area contributed by atoms with E-state index in [-0.39, 0.29) is 0 Å². The number of nitrogens with zero attached hydrogens (tertiary/aromatic N) is 1. The Morgan fingerprint density at radius 3 is 2.80 bits per heavy atom. The Hall–Kier alpha value is -0.305. The molecule has 54 valence electrons. The number of hydrogen-bond donors (Lipinski definition) is 0. The van der Waals surface area contributed by atoms with Crippen molar-refractivity contribution >= 4 is 19.2 Å². The molecular formula is C7H12BNS. The van der Waals surface area contributed by atoms with Crippen molar-refractivity contribution in [1.29, 1.82) is 0 Å². The summed E-state index contributed by atoms with van der Waals surface area (Å²) in [4.78, 5) is 5.74. The zero-order chi connectivity index (χ0) is 7.56. The van der Waals surface area contributed by atoms with Crippen molar-refractivity contribution in [1.82, 2.24) is 4.98 Å². The lowest BCUT2D eigenvalue weighted by atomic mass is 9.99. The molecule has 0 unspecified atom stereocenters. The molecule has 3 heteroatoms. The van der Waals surface area contributed by atoms with Crippen LogP contribution in [0.25, 0.3) is 0 Å². The molecule has 10 heavy (non-hydrogen) atoms. The van der Waals surface area contributed by atoms with Crippen molar-refractivity contribution in [3.63, 3.8) is 0 Å². The van der Waals surface area contributed by atoms with Crippen molar-refractivity contribution in [2.24, 2.45) is 0 Å².